The Balaban J connectivity index is 2.29. The molecule has 0 fully saturated rings. The first kappa shape index (κ1) is 20.5. The van der Waals surface area contributed by atoms with E-state index in [1.807, 2.05) is 51.1 Å². The minimum atomic E-state index is -0.487. The molecular formula is C22H21N3O3. The van der Waals surface area contributed by atoms with Gasteiger partial charge in [0.2, 0.25) is 0 Å². The molecule has 1 amide bonds. The van der Waals surface area contributed by atoms with E-state index in [0.29, 0.717) is 29.4 Å². The highest BCUT2D eigenvalue weighted by atomic mass is 16.5. The lowest BCUT2D eigenvalue weighted by molar-refractivity contribution is -0.112. The fraction of sp³-hybridized carbons (Fsp3) is 0.227. The van der Waals surface area contributed by atoms with Gasteiger partial charge in [-0.25, -0.2) is 0 Å². The molecule has 0 aliphatic carbocycles. The quantitative estimate of drug-likeness (QED) is 0.579. The number of hydrogen-bond acceptors (Lipinski definition) is 5. The molecule has 0 heterocycles. The Kier molecular flexibility index (Phi) is 7.19. The summed E-state index contributed by atoms with van der Waals surface area (Å²) in [5.74, 6) is 0.386. The predicted molar refractivity (Wildman–Crippen MR) is 107 cm³/mol. The van der Waals surface area contributed by atoms with Crippen molar-refractivity contribution in [1.82, 2.24) is 0 Å². The van der Waals surface area contributed by atoms with Crippen LogP contribution < -0.4 is 14.8 Å². The molecule has 2 aromatic rings. The van der Waals surface area contributed by atoms with Crippen LogP contribution in [0.3, 0.4) is 0 Å². The predicted octanol–water partition coefficient (Wildman–Crippen LogP) is 4.15. The summed E-state index contributed by atoms with van der Waals surface area (Å²) in [6.45, 7) is 5.96. The third kappa shape index (κ3) is 5.36. The maximum absolute atomic E-state index is 12.5. The summed E-state index contributed by atoms with van der Waals surface area (Å²) in [4.78, 5) is 12.5. The van der Waals surface area contributed by atoms with Crippen molar-refractivity contribution in [2.24, 2.45) is 0 Å². The van der Waals surface area contributed by atoms with Crippen molar-refractivity contribution >= 4 is 17.7 Å². The largest absolute Gasteiger partial charge is 0.490 e. The Morgan fingerprint density at radius 2 is 1.89 bits per heavy atom. The molecule has 2 rings (SSSR count). The van der Waals surface area contributed by atoms with Crippen molar-refractivity contribution < 1.29 is 14.3 Å². The Morgan fingerprint density at radius 3 is 2.57 bits per heavy atom. The normalized spacial score (nSPS) is 10.5. The Bertz CT molecular complexity index is 981. The number of amides is 1. The van der Waals surface area contributed by atoms with Gasteiger partial charge in [-0.3, -0.25) is 4.79 Å². The van der Waals surface area contributed by atoms with E-state index in [0.717, 1.165) is 11.1 Å². The zero-order valence-electron chi connectivity index (χ0n) is 16.1. The minimum Gasteiger partial charge on any atom is -0.490 e. The van der Waals surface area contributed by atoms with Gasteiger partial charge in [0, 0.05) is 5.69 Å². The molecule has 6 nitrogen and oxygen atoms in total. The van der Waals surface area contributed by atoms with Gasteiger partial charge < -0.3 is 14.8 Å². The molecule has 0 unspecified atom stereocenters. The van der Waals surface area contributed by atoms with Crippen molar-refractivity contribution in [3.63, 3.8) is 0 Å². The van der Waals surface area contributed by atoms with Gasteiger partial charge in [0.25, 0.3) is 5.91 Å². The fourth-order valence-electron chi connectivity index (χ4n) is 2.49. The Hall–Kier alpha value is -3.77. The van der Waals surface area contributed by atoms with Crippen LogP contribution in [0.2, 0.25) is 0 Å². The molecule has 28 heavy (non-hydrogen) atoms. The number of ether oxygens (including phenoxy) is 2. The third-order valence-corrected chi connectivity index (χ3v) is 3.88. The number of carbonyl (C=O) groups excluding carboxylic acids is 1. The van der Waals surface area contributed by atoms with Gasteiger partial charge in [0.1, 0.15) is 17.7 Å². The summed E-state index contributed by atoms with van der Waals surface area (Å²) in [6, 6.07) is 14.6. The summed E-state index contributed by atoms with van der Waals surface area (Å²) in [6.07, 6.45) is 1.48. The SMILES string of the molecule is CCOc1cc(/C=C(\C#N)C(=O)Nc2cc(C)ccc2C)ccc1OCC#N. The topological polar surface area (TPSA) is 95.1 Å². The summed E-state index contributed by atoms with van der Waals surface area (Å²) in [7, 11) is 0. The molecule has 1 N–H and O–H groups in total. The van der Waals surface area contributed by atoms with Crippen LogP contribution in [-0.4, -0.2) is 19.1 Å². The first-order chi connectivity index (χ1) is 13.5. The number of benzene rings is 2. The van der Waals surface area contributed by atoms with E-state index < -0.39 is 5.91 Å². The smallest absolute Gasteiger partial charge is 0.266 e. The number of aryl methyl sites for hydroxylation is 2. The zero-order chi connectivity index (χ0) is 20.5. The van der Waals surface area contributed by atoms with Crippen molar-refractivity contribution in [3.05, 3.63) is 58.7 Å². The first-order valence-electron chi connectivity index (χ1n) is 8.75. The number of anilines is 1. The van der Waals surface area contributed by atoms with E-state index >= 15 is 0 Å². The molecule has 0 bridgehead atoms. The molecule has 0 saturated carbocycles. The standard InChI is InChI=1S/C22H21N3O3/c1-4-27-21-13-17(7-8-20(21)28-10-9-23)12-18(14-24)22(26)25-19-11-15(2)5-6-16(19)3/h5-8,11-13H,4,10H2,1-3H3,(H,25,26)/b18-12+. The maximum atomic E-state index is 12.5. The Labute approximate surface area is 164 Å². The van der Waals surface area contributed by atoms with Crippen molar-refractivity contribution in [2.75, 3.05) is 18.5 Å². The molecule has 0 spiro atoms. The number of nitrogens with zero attached hydrogens (tertiary/aromatic N) is 2. The molecule has 0 saturated heterocycles. The highest BCUT2D eigenvalue weighted by Gasteiger charge is 2.12. The lowest BCUT2D eigenvalue weighted by Crippen LogP contribution is -2.14. The number of nitriles is 2. The fourth-order valence-corrected chi connectivity index (χ4v) is 2.49. The van der Waals surface area contributed by atoms with Crippen molar-refractivity contribution in [3.8, 4) is 23.6 Å². The summed E-state index contributed by atoms with van der Waals surface area (Å²) < 4.78 is 10.9. The second-order valence-electron chi connectivity index (χ2n) is 6.03. The van der Waals surface area contributed by atoms with Gasteiger partial charge in [-0.1, -0.05) is 18.2 Å². The van der Waals surface area contributed by atoms with Crippen LogP contribution in [0.5, 0.6) is 11.5 Å². The Morgan fingerprint density at radius 1 is 1.11 bits per heavy atom. The lowest BCUT2D eigenvalue weighted by atomic mass is 10.1. The zero-order valence-corrected chi connectivity index (χ0v) is 16.1. The first-order valence-corrected chi connectivity index (χ1v) is 8.75. The summed E-state index contributed by atoms with van der Waals surface area (Å²) in [5.41, 5.74) is 3.17. The van der Waals surface area contributed by atoms with Crippen LogP contribution in [0.25, 0.3) is 6.08 Å². The molecule has 0 radical (unpaired) electrons. The highest BCUT2D eigenvalue weighted by molar-refractivity contribution is 6.10. The van der Waals surface area contributed by atoms with Gasteiger partial charge in [-0.2, -0.15) is 10.5 Å². The molecule has 0 aliphatic rings. The number of hydrogen-bond donors (Lipinski definition) is 1. The number of carbonyl (C=O) groups is 1. The average Bonchev–Trinajstić information content (AvgIpc) is 2.68. The molecule has 6 heteroatoms. The summed E-state index contributed by atoms with van der Waals surface area (Å²) in [5, 5.41) is 20.9. The van der Waals surface area contributed by atoms with Crippen molar-refractivity contribution in [2.45, 2.75) is 20.8 Å². The second-order valence-corrected chi connectivity index (χ2v) is 6.03. The highest BCUT2D eigenvalue weighted by Crippen LogP contribution is 2.29. The number of rotatable bonds is 7. The van der Waals surface area contributed by atoms with Crippen LogP contribution in [0.4, 0.5) is 5.69 Å². The average molecular weight is 375 g/mol. The monoisotopic (exact) mass is 375 g/mol. The molecule has 2 aromatic carbocycles. The van der Waals surface area contributed by atoms with E-state index in [1.54, 1.807) is 18.2 Å². The third-order valence-electron chi connectivity index (χ3n) is 3.88. The number of nitrogens with one attached hydrogen (secondary N) is 1. The van der Waals surface area contributed by atoms with Crippen LogP contribution in [0, 0.1) is 36.5 Å². The lowest BCUT2D eigenvalue weighted by Gasteiger charge is -2.11. The molecule has 0 aliphatic heterocycles. The molecule has 0 aromatic heterocycles. The molecule has 142 valence electrons. The van der Waals surface area contributed by atoms with Gasteiger partial charge in [-0.15, -0.1) is 0 Å². The summed E-state index contributed by atoms with van der Waals surface area (Å²) >= 11 is 0. The van der Waals surface area contributed by atoms with Gasteiger partial charge >= 0.3 is 0 Å². The second kappa shape index (κ2) is 9.80. The molecular weight excluding hydrogens is 354 g/mol. The van der Waals surface area contributed by atoms with E-state index in [9.17, 15) is 10.1 Å². The minimum absolute atomic E-state index is 0.0333. The van der Waals surface area contributed by atoms with E-state index in [1.165, 1.54) is 6.08 Å². The van der Waals surface area contributed by atoms with E-state index in [2.05, 4.69) is 5.32 Å². The van der Waals surface area contributed by atoms with Crippen LogP contribution in [-0.2, 0) is 4.79 Å². The van der Waals surface area contributed by atoms with E-state index in [-0.39, 0.29) is 12.2 Å². The maximum Gasteiger partial charge on any atom is 0.266 e. The van der Waals surface area contributed by atoms with Crippen LogP contribution in [0.1, 0.15) is 23.6 Å². The van der Waals surface area contributed by atoms with Gasteiger partial charge in [0.15, 0.2) is 18.1 Å². The molecule has 0 atom stereocenters. The van der Waals surface area contributed by atoms with Crippen molar-refractivity contribution in [1.29, 1.82) is 10.5 Å². The van der Waals surface area contributed by atoms with Gasteiger partial charge in [0.05, 0.1) is 6.61 Å². The van der Waals surface area contributed by atoms with Crippen LogP contribution >= 0.6 is 0 Å². The van der Waals surface area contributed by atoms with E-state index in [4.69, 9.17) is 14.7 Å². The van der Waals surface area contributed by atoms with Crippen LogP contribution in [0.15, 0.2) is 42.0 Å². The van der Waals surface area contributed by atoms with Gasteiger partial charge in [-0.05, 0) is 61.7 Å².